The molecule has 108 valence electrons. The first-order valence-corrected chi connectivity index (χ1v) is 8.36. The Morgan fingerprint density at radius 3 is 2.90 bits per heavy atom. The van der Waals surface area contributed by atoms with E-state index in [9.17, 15) is 4.39 Å². The number of halogens is 2. The highest BCUT2D eigenvalue weighted by Gasteiger charge is 2.18. The summed E-state index contributed by atoms with van der Waals surface area (Å²) in [6, 6.07) is 5.21. The topological polar surface area (TPSA) is 24.9 Å². The molecule has 1 N–H and O–H groups in total. The van der Waals surface area contributed by atoms with Crippen LogP contribution in [0.3, 0.4) is 0 Å². The summed E-state index contributed by atoms with van der Waals surface area (Å²) in [6.07, 6.45) is 1.68. The first kappa shape index (κ1) is 15.6. The fraction of sp³-hybridized carbons (Fsp3) is 0.400. The summed E-state index contributed by atoms with van der Waals surface area (Å²) in [6.45, 7) is 5.05. The van der Waals surface area contributed by atoms with Gasteiger partial charge in [0.25, 0.3) is 0 Å². The van der Waals surface area contributed by atoms with Gasteiger partial charge in [-0.05, 0) is 50.1 Å². The van der Waals surface area contributed by atoms with Crippen LogP contribution in [0.15, 0.2) is 28.2 Å². The van der Waals surface area contributed by atoms with Crippen LogP contribution in [0, 0.1) is 12.7 Å². The zero-order valence-corrected chi connectivity index (χ0v) is 14.0. The fourth-order valence-corrected chi connectivity index (χ4v) is 3.43. The molecule has 1 unspecified atom stereocenters. The first-order chi connectivity index (χ1) is 9.61. The average molecular weight is 357 g/mol. The van der Waals surface area contributed by atoms with Crippen molar-refractivity contribution in [2.24, 2.45) is 0 Å². The van der Waals surface area contributed by atoms with Gasteiger partial charge in [0.1, 0.15) is 5.82 Å². The standard InChI is InChI=1S/C15H18BrFN2S/c1-3-6-18-14(15-10(2)19-9-20-15)8-11-7-12(16)4-5-13(11)17/h4-5,7,9,14,18H,3,6,8H2,1-2H3. The van der Waals surface area contributed by atoms with Crippen molar-refractivity contribution in [3.8, 4) is 0 Å². The second-order valence-corrected chi connectivity index (χ2v) is 6.55. The Kier molecular flexibility index (Phi) is 5.69. The summed E-state index contributed by atoms with van der Waals surface area (Å²) < 4.78 is 14.8. The van der Waals surface area contributed by atoms with Crippen molar-refractivity contribution in [1.29, 1.82) is 0 Å². The molecule has 5 heteroatoms. The van der Waals surface area contributed by atoms with Gasteiger partial charge in [-0.25, -0.2) is 9.37 Å². The van der Waals surface area contributed by atoms with Gasteiger partial charge in [0.05, 0.1) is 11.2 Å². The summed E-state index contributed by atoms with van der Waals surface area (Å²) in [4.78, 5) is 5.50. The maximum Gasteiger partial charge on any atom is 0.126 e. The molecule has 0 radical (unpaired) electrons. The molecule has 0 spiro atoms. The minimum Gasteiger partial charge on any atom is -0.309 e. The summed E-state index contributed by atoms with van der Waals surface area (Å²) in [5.74, 6) is -0.154. The Morgan fingerprint density at radius 2 is 2.25 bits per heavy atom. The van der Waals surface area contributed by atoms with Crippen LogP contribution in [0.2, 0.25) is 0 Å². The van der Waals surface area contributed by atoms with E-state index in [-0.39, 0.29) is 11.9 Å². The molecule has 0 amide bonds. The third kappa shape index (κ3) is 3.87. The van der Waals surface area contributed by atoms with Crippen LogP contribution >= 0.6 is 27.3 Å². The van der Waals surface area contributed by atoms with E-state index in [2.05, 4.69) is 33.2 Å². The lowest BCUT2D eigenvalue weighted by atomic mass is 10.0. The largest absolute Gasteiger partial charge is 0.309 e. The number of benzene rings is 1. The predicted molar refractivity (Wildman–Crippen MR) is 85.7 cm³/mol. The van der Waals surface area contributed by atoms with E-state index < -0.39 is 0 Å². The molecule has 0 saturated heterocycles. The predicted octanol–water partition coefficient (Wildman–Crippen LogP) is 4.64. The van der Waals surface area contributed by atoms with Gasteiger partial charge in [0, 0.05) is 15.4 Å². The van der Waals surface area contributed by atoms with Crippen molar-refractivity contribution in [2.75, 3.05) is 6.54 Å². The van der Waals surface area contributed by atoms with Gasteiger partial charge in [-0.2, -0.15) is 0 Å². The smallest absolute Gasteiger partial charge is 0.126 e. The van der Waals surface area contributed by atoms with Crippen LogP contribution in [0.25, 0.3) is 0 Å². The maximum atomic E-state index is 13.9. The SMILES string of the molecule is CCCNC(Cc1cc(Br)ccc1F)c1scnc1C. The minimum atomic E-state index is -0.154. The van der Waals surface area contributed by atoms with E-state index in [4.69, 9.17) is 0 Å². The van der Waals surface area contributed by atoms with E-state index in [1.807, 2.05) is 18.5 Å². The molecule has 0 aliphatic heterocycles. The Balaban J connectivity index is 2.23. The monoisotopic (exact) mass is 356 g/mol. The molecule has 1 aromatic carbocycles. The number of aromatic nitrogens is 1. The maximum absolute atomic E-state index is 13.9. The second-order valence-electron chi connectivity index (χ2n) is 4.75. The Hall–Kier alpha value is -0.780. The Bertz CT molecular complexity index is 571. The lowest BCUT2D eigenvalue weighted by Gasteiger charge is -2.18. The van der Waals surface area contributed by atoms with E-state index in [1.54, 1.807) is 17.4 Å². The highest BCUT2D eigenvalue weighted by atomic mass is 79.9. The van der Waals surface area contributed by atoms with Crippen LogP contribution in [-0.4, -0.2) is 11.5 Å². The molecule has 1 atom stereocenters. The van der Waals surface area contributed by atoms with Crippen LogP contribution in [0.5, 0.6) is 0 Å². The third-order valence-electron chi connectivity index (χ3n) is 3.17. The molecule has 20 heavy (non-hydrogen) atoms. The van der Waals surface area contributed by atoms with Crippen molar-refractivity contribution in [3.63, 3.8) is 0 Å². The van der Waals surface area contributed by atoms with Crippen LogP contribution in [0.4, 0.5) is 4.39 Å². The van der Waals surface area contributed by atoms with Gasteiger partial charge in [-0.15, -0.1) is 11.3 Å². The molecule has 0 fully saturated rings. The van der Waals surface area contributed by atoms with Crippen LogP contribution in [-0.2, 0) is 6.42 Å². The number of hydrogen-bond acceptors (Lipinski definition) is 3. The van der Waals surface area contributed by atoms with Gasteiger partial charge >= 0.3 is 0 Å². The molecule has 2 nitrogen and oxygen atoms in total. The van der Waals surface area contributed by atoms with E-state index in [0.29, 0.717) is 6.42 Å². The highest BCUT2D eigenvalue weighted by molar-refractivity contribution is 9.10. The number of aryl methyl sites for hydroxylation is 1. The molecule has 0 bridgehead atoms. The van der Waals surface area contributed by atoms with Crippen molar-refractivity contribution in [2.45, 2.75) is 32.7 Å². The summed E-state index contributed by atoms with van der Waals surface area (Å²) in [7, 11) is 0. The molecular weight excluding hydrogens is 339 g/mol. The zero-order valence-electron chi connectivity index (χ0n) is 11.6. The zero-order chi connectivity index (χ0) is 14.5. The summed E-state index contributed by atoms with van der Waals surface area (Å²) in [5, 5.41) is 3.50. The number of thiazole rings is 1. The second kappa shape index (κ2) is 7.29. The lowest BCUT2D eigenvalue weighted by molar-refractivity contribution is 0.516. The molecule has 2 aromatic rings. The van der Waals surface area contributed by atoms with Crippen LogP contribution in [0.1, 0.15) is 35.5 Å². The number of nitrogens with one attached hydrogen (secondary N) is 1. The van der Waals surface area contributed by atoms with Gasteiger partial charge < -0.3 is 5.32 Å². The molecular formula is C15H18BrFN2S. The average Bonchev–Trinajstić information content (AvgIpc) is 2.84. The van der Waals surface area contributed by atoms with Crippen molar-refractivity contribution in [1.82, 2.24) is 10.3 Å². The molecule has 2 rings (SSSR count). The van der Waals surface area contributed by atoms with E-state index >= 15 is 0 Å². The third-order valence-corrected chi connectivity index (χ3v) is 4.71. The normalized spacial score (nSPS) is 12.6. The Labute approximate surface area is 131 Å². The van der Waals surface area contributed by atoms with Crippen molar-refractivity contribution >= 4 is 27.3 Å². The van der Waals surface area contributed by atoms with Crippen LogP contribution < -0.4 is 5.32 Å². The van der Waals surface area contributed by atoms with Crippen molar-refractivity contribution < 1.29 is 4.39 Å². The molecule has 1 aromatic heterocycles. The summed E-state index contributed by atoms with van der Waals surface area (Å²) in [5.41, 5.74) is 3.60. The molecule has 0 aliphatic rings. The fourth-order valence-electron chi connectivity index (χ4n) is 2.14. The quantitative estimate of drug-likeness (QED) is 0.815. The molecule has 1 heterocycles. The van der Waals surface area contributed by atoms with Gasteiger partial charge in [0.2, 0.25) is 0 Å². The van der Waals surface area contributed by atoms with Crippen molar-refractivity contribution in [3.05, 3.63) is 50.1 Å². The highest BCUT2D eigenvalue weighted by Crippen LogP contribution is 2.27. The molecule has 0 saturated carbocycles. The number of nitrogens with zero attached hydrogens (tertiary/aromatic N) is 1. The number of hydrogen-bond donors (Lipinski definition) is 1. The van der Waals surface area contributed by atoms with E-state index in [1.165, 1.54) is 10.9 Å². The van der Waals surface area contributed by atoms with Gasteiger partial charge in [-0.3, -0.25) is 0 Å². The summed E-state index contributed by atoms with van der Waals surface area (Å²) >= 11 is 5.03. The minimum absolute atomic E-state index is 0.117. The number of rotatable bonds is 6. The van der Waals surface area contributed by atoms with E-state index in [0.717, 1.165) is 28.7 Å². The van der Waals surface area contributed by atoms with Gasteiger partial charge in [-0.1, -0.05) is 22.9 Å². The molecule has 0 aliphatic carbocycles. The van der Waals surface area contributed by atoms with Gasteiger partial charge in [0.15, 0.2) is 0 Å². The Morgan fingerprint density at radius 1 is 1.45 bits per heavy atom. The lowest BCUT2D eigenvalue weighted by Crippen LogP contribution is -2.24. The first-order valence-electron chi connectivity index (χ1n) is 6.69.